The van der Waals surface area contributed by atoms with Gasteiger partial charge in [0, 0.05) is 11.1 Å². The maximum atomic E-state index is 13.6. The number of hydrogen-bond acceptors (Lipinski definition) is 0. The van der Waals surface area contributed by atoms with Crippen molar-refractivity contribution in [3.63, 3.8) is 0 Å². The minimum Gasteiger partial charge on any atom is -0.205 e. The molecule has 0 fully saturated rings. The van der Waals surface area contributed by atoms with Crippen LogP contribution in [0.25, 0.3) is 11.1 Å². The molecule has 0 N–H and O–H groups in total. The number of halogens is 2. The lowest BCUT2D eigenvalue weighted by Gasteiger charge is -2.03. The van der Waals surface area contributed by atoms with E-state index in [1.54, 1.807) is 12.1 Å². The number of allylic oxidation sites excluding steroid dienone is 1. The van der Waals surface area contributed by atoms with Gasteiger partial charge in [0.15, 0.2) is 0 Å². The zero-order valence-corrected chi connectivity index (χ0v) is 15.1. The molecule has 0 heterocycles. The van der Waals surface area contributed by atoms with E-state index in [-0.39, 0.29) is 5.02 Å². The lowest BCUT2D eigenvalue weighted by molar-refractivity contribution is 0.629. The first-order chi connectivity index (χ1) is 12.7. The topological polar surface area (TPSA) is 0 Å². The Kier molecular flexibility index (Phi) is 5.89. The Bertz CT molecular complexity index is 958. The molecule has 0 spiro atoms. The van der Waals surface area contributed by atoms with Crippen molar-refractivity contribution in [3.05, 3.63) is 107 Å². The minimum absolute atomic E-state index is 0.131. The molecule has 0 unspecified atom stereocenters. The fraction of sp³-hybridized carbons (Fsp3) is 0.0833. The summed E-state index contributed by atoms with van der Waals surface area (Å²) in [6.07, 6.45) is 3.91. The first-order valence-electron chi connectivity index (χ1n) is 8.43. The second kappa shape index (κ2) is 8.52. The Balaban J connectivity index is 1.72. The van der Waals surface area contributed by atoms with Gasteiger partial charge < -0.3 is 0 Å². The van der Waals surface area contributed by atoms with Crippen molar-refractivity contribution < 1.29 is 4.39 Å². The van der Waals surface area contributed by atoms with Gasteiger partial charge in [-0.1, -0.05) is 59.8 Å². The van der Waals surface area contributed by atoms with E-state index < -0.39 is 5.82 Å². The summed E-state index contributed by atoms with van der Waals surface area (Å²) in [5.41, 5.74) is 4.91. The number of aryl methyl sites for hydroxylation is 1. The fourth-order valence-corrected chi connectivity index (χ4v) is 2.71. The van der Waals surface area contributed by atoms with E-state index >= 15 is 0 Å². The molecule has 0 atom stereocenters. The molecule has 3 aromatic rings. The van der Waals surface area contributed by atoms with Crippen molar-refractivity contribution >= 4 is 11.6 Å². The van der Waals surface area contributed by atoms with Gasteiger partial charge in [0.2, 0.25) is 0 Å². The van der Waals surface area contributed by atoms with Crippen LogP contribution in [0.4, 0.5) is 4.39 Å². The first-order valence-corrected chi connectivity index (χ1v) is 8.81. The van der Waals surface area contributed by atoms with E-state index in [0.717, 1.165) is 35.1 Å². The van der Waals surface area contributed by atoms with E-state index in [1.165, 1.54) is 11.6 Å². The quantitative estimate of drug-likeness (QED) is 0.360. The Hall–Kier alpha value is -2.82. The van der Waals surface area contributed by atoms with Gasteiger partial charge in [0.25, 0.3) is 0 Å². The first kappa shape index (κ1) is 18.0. The molecular formula is C24H18ClF. The molecule has 3 rings (SSSR count). The fourth-order valence-electron chi connectivity index (χ4n) is 2.59. The average molecular weight is 361 g/mol. The van der Waals surface area contributed by atoms with Crippen LogP contribution >= 0.6 is 11.6 Å². The van der Waals surface area contributed by atoms with Crippen LogP contribution in [0.5, 0.6) is 0 Å². The van der Waals surface area contributed by atoms with Gasteiger partial charge in [0.05, 0.1) is 5.02 Å². The van der Waals surface area contributed by atoms with Crippen LogP contribution in [-0.4, -0.2) is 0 Å². The maximum Gasteiger partial charge on any atom is 0.142 e. The SMILES string of the molecule is C=CCCc1ccc(C#Cc2ccc(-c3ccc(Cl)c(F)c3)cc2)cc1. The molecule has 0 bridgehead atoms. The molecule has 0 aliphatic carbocycles. The van der Waals surface area contributed by atoms with E-state index in [0.29, 0.717) is 0 Å². The van der Waals surface area contributed by atoms with Gasteiger partial charge in [-0.2, -0.15) is 0 Å². The van der Waals surface area contributed by atoms with Crippen LogP contribution < -0.4 is 0 Å². The van der Waals surface area contributed by atoms with Crippen molar-refractivity contribution in [1.29, 1.82) is 0 Å². The number of rotatable bonds is 4. The lowest BCUT2D eigenvalue weighted by Crippen LogP contribution is -1.84. The largest absolute Gasteiger partial charge is 0.205 e. The van der Waals surface area contributed by atoms with E-state index in [2.05, 4.69) is 30.6 Å². The number of benzene rings is 3. The third-order valence-corrected chi connectivity index (χ3v) is 4.39. The van der Waals surface area contributed by atoms with Crippen molar-refractivity contribution in [1.82, 2.24) is 0 Å². The van der Waals surface area contributed by atoms with E-state index in [9.17, 15) is 4.39 Å². The average Bonchev–Trinajstić information content (AvgIpc) is 2.68. The van der Waals surface area contributed by atoms with Crippen LogP contribution in [-0.2, 0) is 6.42 Å². The summed E-state index contributed by atoms with van der Waals surface area (Å²) in [4.78, 5) is 0. The minimum atomic E-state index is -0.412. The van der Waals surface area contributed by atoms with Crippen molar-refractivity contribution in [3.8, 4) is 23.0 Å². The molecule has 0 aliphatic rings. The zero-order valence-electron chi connectivity index (χ0n) is 14.3. The second-order valence-electron chi connectivity index (χ2n) is 5.98. The molecule has 0 aromatic heterocycles. The summed E-state index contributed by atoms with van der Waals surface area (Å²) >= 11 is 5.73. The third kappa shape index (κ3) is 4.63. The van der Waals surface area contributed by atoms with Gasteiger partial charge in [-0.05, 0) is 65.9 Å². The molecule has 0 saturated carbocycles. The predicted octanol–water partition coefficient (Wildman–Crippen LogP) is 6.66. The van der Waals surface area contributed by atoms with Crippen LogP contribution in [0.15, 0.2) is 79.4 Å². The highest BCUT2D eigenvalue weighted by Crippen LogP contribution is 2.24. The van der Waals surface area contributed by atoms with E-state index in [4.69, 9.17) is 11.6 Å². The summed E-state index contributed by atoms with van der Waals surface area (Å²) in [6, 6.07) is 20.8. The normalized spacial score (nSPS) is 10.1. The van der Waals surface area contributed by atoms with Crippen LogP contribution in [0, 0.1) is 17.7 Å². The van der Waals surface area contributed by atoms with Gasteiger partial charge >= 0.3 is 0 Å². The Morgan fingerprint density at radius 3 is 2.00 bits per heavy atom. The third-order valence-electron chi connectivity index (χ3n) is 4.08. The summed E-state index contributed by atoms with van der Waals surface area (Å²) in [7, 11) is 0. The Morgan fingerprint density at radius 2 is 1.42 bits per heavy atom. The monoisotopic (exact) mass is 360 g/mol. The van der Waals surface area contributed by atoms with Crippen molar-refractivity contribution in [2.45, 2.75) is 12.8 Å². The highest BCUT2D eigenvalue weighted by Gasteiger charge is 2.03. The van der Waals surface area contributed by atoms with Crippen molar-refractivity contribution in [2.75, 3.05) is 0 Å². The van der Waals surface area contributed by atoms with Crippen molar-refractivity contribution in [2.24, 2.45) is 0 Å². The molecule has 128 valence electrons. The van der Waals surface area contributed by atoms with Gasteiger partial charge in [-0.3, -0.25) is 0 Å². The van der Waals surface area contributed by atoms with Gasteiger partial charge in [0.1, 0.15) is 5.82 Å². The maximum absolute atomic E-state index is 13.6. The summed E-state index contributed by atoms with van der Waals surface area (Å²) in [5, 5.41) is 0.131. The van der Waals surface area contributed by atoms with Crippen LogP contribution in [0.3, 0.4) is 0 Å². The predicted molar refractivity (Wildman–Crippen MR) is 108 cm³/mol. The Morgan fingerprint density at radius 1 is 0.846 bits per heavy atom. The highest BCUT2D eigenvalue weighted by molar-refractivity contribution is 6.30. The molecule has 0 radical (unpaired) electrons. The summed E-state index contributed by atoms with van der Waals surface area (Å²) < 4.78 is 13.6. The van der Waals surface area contributed by atoms with Gasteiger partial charge in [-0.25, -0.2) is 4.39 Å². The molecule has 0 nitrogen and oxygen atoms in total. The molecule has 0 aliphatic heterocycles. The molecule has 2 heteroatoms. The highest BCUT2D eigenvalue weighted by atomic mass is 35.5. The van der Waals surface area contributed by atoms with Crippen LogP contribution in [0.2, 0.25) is 5.02 Å². The lowest BCUT2D eigenvalue weighted by atomic mass is 10.0. The molecule has 0 amide bonds. The molecular weight excluding hydrogens is 343 g/mol. The Labute approximate surface area is 159 Å². The second-order valence-corrected chi connectivity index (χ2v) is 6.39. The van der Waals surface area contributed by atoms with E-state index in [1.807, 2.05) is 42.5 Å². The summed E-state index contributed by atoms with van der Waals surface area (Å²) in [6.45, 7) is 3.74. The number of hydrogen-bond donors (Lipinski definition) is 0. The van der Waals surface area contributed by atoms with Crippen LogP contribution in [0.1, 0.15) is 23.1 Å². The van der Waals surface area contributed by atoms with Gasteiger partial charge in [-0.15, -0.1) is 6.58 Å². The standard InChI is InChI=1S/C24H18ClF/c1-2-3-4-18-5-7-19(8-6-18)9-10-20-11-13-21(14-12-20)22-15-16-23(25)24(26)17-22/h2,5-8,11-17H,1,3-4H2. The molecule has 26 heavy (non-hydrogen) atoms. The zero-order chi connectivity index (χ0) is 18.4. The molecule has 0 saturated heterocycles. The smallest absolute Gasteiger partial charge is 0.142 e. The summed E-state index contributed by atoms with van der Waals surface area (Å²) in [5.74, 6) is 5.92. The molecule has 3 aromatic carbocycles.